The van der Waals surface area contributed by atoms with Gasteiger partial charge in [0.15, 0.2) is 0 Å². The summed E-state index contributed by atoms with van der Waals surface area (Å²) in [7, 11) is 0. The normalized spacial score (nSPS) is 13.1. The van der Waals surface area contributed by atoms with Crippen LogP contribution in [-0.2, 0) is 20.9 Å². The summed E-state index contributed by atoms with van der Waals surface area (Å²) >= 11 is 0. The number of unbranched alkanes of at least 4 members (excludes halogenated alkanes) is 2. The molecule has 0 aliphatic carbocycles. The Morgan fingerprint density at radius 1 is 1.00 bits per heavy atom. The molecule has 35 heavy (non-hydrogen) atoms. The minimum Gasteiger partial charge on any atom is -0.444 e. The van der Waals surface area contributed by atoms with E-state index in [9.17, 15) is 23.9 Å². The molecule has 9 heteroatoms. The molecular weight excluding hydrogens is 453 g/mol. The third kappa shape index (κ3) is 15.0. The van der Waals surface area contributed by atoms with Gasteiger partial charge < -0.3 is 25.8 Å². The molecule has 0 spiro atoms. The Kier molecular flexibility index (Phi) is 13.3. The van der Waals surface area contributed by atoms with E-state index in [2.05, 4.69) is 16.0 Å². The average Bonchev–Trinajstić information content (AvgIpc) is 2.73. The maximum atomic E-state index is 12.9. The molecule has 0 unspecified atom stereocenters. The lowest BCUT2D eigenvalue weighted by molar-refractivity contribution is -0.124. The minimum absolute atomic E-state index is 0.0739. The van der Waals surface area contributed by atoms with E-state index in [-0.39, 0.29) is 30.0 Å². The van der Waals surface area contributed by atoms with Gasteiger partial charge >= 0.3 is 6.09 Å². The Morgan fingerprint density at radius 3 is 2.26 bits per heavy atom. The van der Waals surface area contributed by atoms with Crippen molar-refractivity contribution in [3.8, 4) is 0 Å². The zero-order valence-electron chi connectivity index (χ0n) is 21.7. The van der Waals surface area contributed by atoms with Crippen molar-refractivity contribution < 1.29 is 28.6 Å². The highest BCUT2D eigenvalue weighted by molar-refractivity contribution is 5.77. The quantitative estimate of drug-likeness (QED) is 0.293. The van der Waals surface area contributed by atoms with Crippen LogP contribution in [0.1, 0.15) is 78.7 Å². The fraction of sp³-hybridized carbons (Fsp3) is 0.654. The van der Waals surface area contributed by atoms with Crippen LogP contribution in [0.25, 0.3) is 0 Å². The molecule has 1 aromatic rings. The number of carbonyl (C=O) groups is 3. The molecule has 2 atom stereocenters. The zero-order valence-corrected chi connectivity index (χ0v) is 21.7. The molecule has 0 heterocycles. The Morgan fingerprint density at radius 2 is 1.66 bits per heavy atom. The van der Waals surface area contributed by atoms with Crippen LogP contribution in [0.2, 0.25) is 0 Å². The first-order valence-electron chi connectivity index (χ1n) is 12.3. The number of ether oxygens (including phenoxy) is 1. The third-order valence-electron chi connectivity index (χ3n) is 5.09. The van der Waals surface area contributed by atoms with E-state index in [4.69, 9.17) is 4.74 Å². The number of rotatable bonds is 14. The van der Waals surface area contributed by atoms with E-state index in [1.165, 1.54) is 12.1 Å². The maximum Gasteiger partial charge on any atom is 0.407 e. The van der Waals surface area contributed by atoms with Crippen molar-refractivity contribution in [2.24, 2.45) is 5.92 Å². The molecule has 1 aromatic carbocycles. The monoisotopic (exact) mass is 495 g/mol. The lowest BCUT2D eigenvalue weighted by atomic mass is 9.97. The fourth-order valence-corrected chi connectivity index (χ4v) is 3.39. The topological polar surface area (TPSA) is 117 Å². The molecule has 198 valence electrons. The molecule has 0 saturated heterocycles. The molecule has 0 aliphatic rings. The van der Waals surface area contributed by atoms with Gasteiger partial charge in [-0.05, 0) is 63.6 Å². The Balaban J connectivity index is 2.25. The van der Waals surface area contributed by atoms with Crippen LogP contribution < -0.4 is 16.0 Å². The Bertz CT molecular complexity index is 793. The first kappa shape index (κ1) is 30.4. The zero-order chi connectivity index (χ0) is 26.4. The van der Waals surface area contributed by atoms with Gasteiger partial charge in [-0.3, -0.25) is 9.59 Å². The summed E-state index contributed by atoms with van der Waals surface area (Å²) in [6.45, 7) is 10.0. The summed E-state index contributed by atoms with van der Waals surface area (Å²) in [5.74, 6) is -0.473. The minimum atomic E-state index is -1.03. The number of nitrogens with one attached hydrogen (secondary N) is 3. The SMILES string of the molecule is CC(C)C[C@H](NC(=O)OC(C)(C)C)[C@@H](O)CC(=O)NCCCCCC(=O)NCc1ccc(F)cc1. The van der Waals surface area contributed by atoms with E-state index in [1.807, 2.05) is 13.8 Å². The average molecular weight is 496 g/mol. The first-order chi connectivity index (χ1) is 16.4. The van der Waals surface area contributed by atoms with Crippen LogP contribution in [0.4, 0.5) is 9.18 Å². The van der Waals surface area contributed by atoms with E-state index in [1.54, 1.807) is 32.9 Å². The number of amides is 3. The highest BCUT2D eigenvalue weighted by Gasteiger charge is 2.27. The second-order valence-corrected chi connectivity index (χ2v) is 10.2. The van der Waals surface area contributed by atoms with Crippen LogP contribution in [0, 0.1) is 11.7 Å². The molecule has 3 amide bonds. The van der Waals surface area contributed by atoms with Crippen molar-refractivity contribution >= 4 is 17.9 Å². The number of benzene rings is 1. The highest BCUT2D eigenvalue weighted by Crippen LogP contribution is 2.13. The summed E-state index contributed by atoms with van der Waals surface area (Å²) in [6.07, 6.45) is 1.27. The van der Waals surface area contributed by atoms with Gasteiger partial charge in [0.05, 0.1) is 18.6 Å². The van der Waals surface area contributed by atoms with Crippen molar-refractivity contribution in [3.05, 3.63) is 35.6 Å². The second kappa shape index (κ2) is 15.3. The van der Waals surface area contributed by atoms with Crippen LogP contribution in [-0.4, -0.2) is 47.3 Å². The molecule has 0 aliphatic heterocycles. The lowest BCUT2D eigenvalue weighted by Crippen LogP contribution is -2.47. The lowest BCUT2D eigenvalue weighted by Gasteiger charge is -2.27. The number of carbonyl (C=O) groups excluding carboxylic acids is 3. The molecule has 0 fully saturated rings. The van der Waals surface area contributed by atoms with Crippen LogP contribution in [0.3, 0.4) is 0 Å². The van der Waals surface area contributed by atoms with E-state index >= 15 is 0 Å². The number of hydrogen-bond acceptors (Lipinski definition) is 5. The smallest absolute Gasteiger partial charge is 0.407 e. The van der Waals surface area contributed by atoms with Gasteiger partial charge in [0.1, 0.15) is 11.4 Å². The molecule has 0 aromatic heterocycles. The van der Waals surface area contributed by atoms with Gasteiger partial charge in [0.2, 0.25) is 11.8 Å². The molecule has 4 N–H and O–H groups in total. The fourth-order valence-electron chi connectivity index (χ4n) is 3.39. The standard InChI is InChI=1S/C26H42FN3O5/c1-18(2)15-21(30-25(34)35-26(3,4)5)22(31)16-24(33)28-14-8-6-7-9-23(32)29-17-19-10-12-20(27)13-11-19/h10-13,18,21-22,31H,6-9,14-17H2,1-5H3,(H,28,33)(H,29,32)(H,30,34)/t21-,22-/m0/s1. The van der Waals surface area contributed by atoms with Crippen LogP contribution in [0.5, 0.6) is 0 Å². The summed E-state index contributed by atoms with van der Waals surface area (Å²) < 4.78 is 18.2. The predicted octanol–water partition coefficient (Wildman–Crippen LogP) is 3.81. The van der Waals surface area contributed by atoms with Crippen molar-refractivity contribution in [2.75, 3.05) is 6.54 Å². The van der Waals surface area contributed by atoms with Gasteiger partial charge in [-0.25, -0.2) is 9.18 Å². The summed E-state index contributed by atoms with van der Waals surface area (Å²) in [5, 5.41) is 18.8. The Labute approximate surface area is 208 Å². The maximum absolute atomic E-state index is 12.9. The van der Waals surface area contributed by atoms with Crippen LogP contribution >= 0.6 is 0 Å². The van der Waals surface area contributed by atoms with Gasteiger partial charge in [0, 0.05) is 19.5 Å². The number of hydrogen-bond donors (Lipinski definition) is 4. The van der Waals surface area contributed by atoms with Gasteiger partial charge in [-0.1, -0.05) is 32.4 Å². The molecule has 8 nitrogen and oxygen atoms in total. The van der Waals surface area contributed by atoms with Gasteiger partial charge in [0.25, 0.3) is 0 Å². The highest BCUT2D eigenvalue weighted by atomic mass is 19.1. The van der Waals surface area contributed by atoms with E-state index in [0.717, 1.165) is 12.0 Å². The number of halogens is 1. The molecular formula is C26H42FN3O5. The summed E-state index contributed by atoms with van der Waals surface area (Å²) in [4.78, 5) is 36.3. The second-order valence-electron chi connectivity index (χ2n) is 10.2. The summed E-state index contributed by atoms with van der Waals surface area (Å²) in [5.41, 5.74) is 0.180. The Hall–Kier alpha value is -2.68. The number of aliphatic hydroxyl groups excluding tert-OH is 1. The van der Waals surface area contributed by atoms with E-state index in [0.29, 0.717) is 38.8 Å². The van der Waals surface area contributed by atoms with Crippen LogP contribution in [0.15, 0.2) is 24.3 Å². The number of aliphatic hydroxyl groups is 1. The first-order valence-corrected chi connectivity index (χ1v) is 12.3. The van der Waals surface area contributed by atoms with Crippen molar-refractivity contribution in [2.45, 2.75) is 97.4 Å². The molecule has 0 radical (unpaired) electrons. The summed E-state index contributed by atoms with van der Waals surface area (Å²) in [6, 6.07) is 5.39. The molecule has 1 rings (SSSR count). The van der Waals surface area contributed by atoms with Gasteiger partial charge in [-0.2, -0.15) is 0 Å². The molecule has 0 saturated carbocycles. The van der Waals surface area contributed by atoms with Crippen molar-refractivity contribution in [1.82, 2.24) is 16.0 Å². The van der Waals surface area contributed by atoms with Gasteiger partial charge in [-0.15, -0.1) is 0 Å². The predicted molar refractivity (Wildman–Crippen MR) is 133 cm³/mol. The molecule has 0 bridgehead atoms. The van der Waals surface area contributed by atoms with E-state index < -0.39 is 23.8 Å². The number of alkyl carbamates (subject to hydrolysis) is 1. The third-order valence-corrected chi connectivity index (χ3v) is 5.09. The van der Waals surface area contributed by atoms with Crippen molar-refractivity contribution in [3.63, 3.8) is 0 Å². The van der Waals surface area contributed by atoms with Crippen molar-refractivity contribution in [1.29, 1.82) is 0 Å². The largest absolute Gasteiger partial charge is 0.444 e.